The average Bonchev–Trinajstić information content (AvgIpc) is 2.23. The molecule has 0 saturated heterocycles. The van der Waals surface area contributed by atoms with Gasteiger partial charge in [-0.3, -0.25) is 4.98 Å². The Labute approximate surface area is 99.7 Å². The number of pyridine rings is 1. The maximum Gasteiger partial charge on any atom is 0.294 e. The smallest absolute Gasteiger partial charge is 0.294 e. The van der Waals surface area contributed by atoms with Crippen LogP contribution in [0.2, 0.25) is 0 Å². The van der Waals surface area contributed by atoms with Crippen LogP contribution < -0.4 is 0 Å². The van der Waals surface area contributed by atoms with Crippen LogP contribution in [0.3, 0.4) is 0 Å². The zero-order chi connectivity index (χ0) is 12.9. The highest BCUT2D eigenvalue weighted by molar-refractivity contribution is 5.09. The van der Waals surface area contributed by atoms with Crippen LogP contribution in [0.25, 0.3) is 0 Å². The number of aromatic nitrogens is 1. The number of rotatable bonds is 5. The molecular formula is C11H16N2O4. The van der Waals surface area contributed by atoms with Gasteiger partial charge in [-0.1, -0.05) is 6.07 Å². The topological polar surface area (TPSA) is 74.5 Å². The largest absolute Gasteiger partial charge is 0.370 e. The summed E-state index contributed by atoms with van der Waals surface area (Å²) in [5, 5.41) is 9.21. The zero-order valence-electron chi connectivity index (χ0n) is 10.2. The monoisotopic (exact) mass is 240 g/mol. The molecule has 0 radical (unpaired) electrons. The van der Waals surface area contributed by atoms with E-state index < -0.39 is 5.09 Å². The summed E-state index contributed by atoms with van der Waals surface area (Å²) in [6, 6.07) is 5.25. The molecule has 0 unspecified atom stereocenters. The van der Waals surface area contributed by atoms with E-state index in [1.165, 1.54) is 0 Å². The van der Waals surface area contributed by atoms with Crippen LogP contribution in [0.4, 0.5) is 0 Å². The number of hydrogen-bond acceptors (Lipinski definition) is 5. The second kappa shape index (κ2) is 5.58. The predicted molar refractivity (Wildman–Crippen MR) is 60.6 cm³/mol. The van der Waals surface area contributed by atoms with E-state index in [1.54, 1.807) is 18.2 Å². The Balaban J connectivity index is 2.56. The molecule has 0 aromatic carbocycles. The average molecular weight is 240 g/mol. The molecule has 1 rings (SSSR count). The van der Waals surface area contributed by atoms with Gasteiger partial charge in [0.05, 0.1) is 23.6 Å². The lowest BCUT2D eigenvalue weighted by molar-refractivity contribution is -0.763. The summed E-state index contributed by atoms with van der Waals surface area (Å²) in [7, 11) is 0. The Kier molecular flexibility index (Phi) is 4.39. The Morgan fingerprint density at radius 3 is 2.41 bits per heavy atom. The van der Waals surface area contributed by atoms with E-state index in [0.717, 1.165) is 5.69 Å². The van der Waals surface area contributed by atoms with E-state index >= 15 is 0 Å². The summed E-state index contributed by atoms with van der Waals surface area (Å²) in [6.07, 6.45) is 0. The van der Waals surface area contributed by atoms with E-state index in [9.17, 15) is 10.1 Å². The van der Waals surface area contributed by atoms with Crippen LogP contribution in [0.15, 0.2) is 18.2 Å². The molecule has 6 heteroatoms. The van der Waals surface area contributed by atoms with Gasteiger partial charge in [-0.15, -0.1) is 10.1 Å². The molecule has 94 valence electrons. The van der Waals surface area contributed by atoms with Gasteiger partial charge in [0, 0.05) is 0 Å². The quantitative estimate of drug-likeness (QED) is 0.582. The van der Waals surface area contributed by atoms with Crippen LogP contribution in [-0.2, 0) is 22.8 Å². The minimum absolute atomic E-state index is 0.143. The van der Waals surface area contributed by atoms with Gasteiger partial charge in [0.1, 0.15) is 6.61 Å². The van der Waals surface area contributed by atoms with Crippen molar-refractivity contribution >= 4 is 0 Å². The molecular weight excluding hydrogens is 224 g/mol. The fourth-order valence-electron chi connectivity index (χ4n) is 1.10. The van der Waals surface area contributed by atoms with Crippen molar-refractivity contribution in [3.05, 3.63) is 39.7 Å². The fourth-order valence-corrected chi connectivity index (χ4v) is 1.10. The SMILES string of the molecule is CC(C)(C)OCc1cccc(CO[N+](=O)[O-])n1. The first kappa shape index (κ1) is 13.4. The van der Waals surface area contributed by atoms with Crippen molar-refractivity contribution in [2.75, 3.05) is 0 Å². The Morgan fingerprint density at radius 1 is 1.29 bits per heavy atom. The lowest BCUT2D eigenvalue weighted by atomic mass is 10.2. The number of ether oxygens (including phenoxy) is 1. The Hall–Kier alpha value is -1.69. The molecule has 0 saturated carbocycles. The Bertz CT molecular complexity index is 387. The van der Waals surface area contributed by atoms with Gasteiger partial charge in [0.25, 0.3) is 5.09 Å². The number of hydrogen-bond donors (Lipinski definition) is 0. The van der Waals surface area contributed by atoms with E-state index in [2.05, 4.69) is 9.82 Å². The van der Waals surface area contributed by atoms with Crippen molar-refractivity contribution < 1.29 is 14.7 Å². The second-order valence-corrected chi connectivity index (χ2v) is 4.52. The lowest BCUT2D eigenvalue weighted by Gasteiger charge is -2.19. The minimum atomic E-state index is -0.833. The summed E-state index contributed by atoms with van der Waals surface area (Å²) in [6.45, 7) is 6.08. The van der Waals surface area contributed by atoms with Gasteiger partial charge in [0.2, 0.25) is 0 Å². The third-order valence-electron chi connectivity index (χ3n) is 1.84. The summed E-state index contributed by atoms with van der Waals surface area (Å²) in [4.78, 5) is 18.5. The van der Waals surface area contributed by atoms with Crippen molar-refractivity contribution in [1.29, 1.82) is 0 Å². The maximum absolute atomic E-state index is 10.0. The van der Waals surface area contributed by atoms with Gasteiger partial charge < -0.3 is 9.57 Å². The van der Waals surface area contributed by atoms with Gasteiger partial charge in [-0.2, -0.15) is 0 Å². The summed E-state index contributed by atoms with van der Waals surface area (Å²) >= 11 is 0. The Morgan fingerprint density at radius 2 is 1.88 bits per heavy atom. The molecule has 0 bridgehead atoms. The molecule has 0 amide bonds. The molecule has 6 nitrogen and oxygen atoms in total. The molecule has 0 aliphatic rings. The molecule has 1 aromatic rings. The van der Waals surface area contributed by atoms with Crippen molar-refractivity contribution in [2.45, 2.75) is 39.6 Å². The van der Waals surface area contributed by atoms with E-state index in [1.807, 2.05) is 20.8 Å². The summed E-state index contributed by atoms with van der Waals surface area (Å²) < 4.78 is 5.56. The van der Waals surface area contributed by atoms with E-state index in [0.29, 0.717) is 12.3 Å². The third kappa shape index (κ3) is 5.82. The standard InChI is InChI=1S/C11H16N2O4/c1-11(2,3)16-7-9-5-4-6-10(12-9)8-17-13(14)15/h4-6H,7-8H2,1-3H3. The first-order valence-corrected chi connectivity index (χ1v) is 5.23. The predicted octanol–water partition coefficient (Wildman–Crippen LogP) is 2.10. The maximum atomic E-state index is 10.0. The molecule has 0 aliphatic heterocycles. The van der Waals surface area contributed by atoms with Crippen LogP contribution >= 0.6 is 0 Å². The lowest BCUT2D eigenvalue weighted by Crippen LogP contribution is -2.19. The fraction of sp³-hybridized carbons (Fsp3) is 0.545. The number of nitrogens with zero attached hydrogens (tertiary/aromatic N) is 2. The van der Waals surface area contributed by atoms with Crippen LogP contribution in [0, 0.1) is 10.1 Å². The highest BCUT2D eigenvalue weighted by Crippen LogP contribution is 2.11. The minimum Gasteiger partial charge on any atom is -0.370 e. The summed E-state index contributed by atoms with van der Waals surface area (Å²) in [5.74, 6) is 0. The molecule has 0 atom stereocenters. The second-order valence-electron chi connectivity index (χ2n) is 4.52. The summed E-state index contributed by atoms with van der Waals surface area (Å²) in [5.41, 5.74) is 0.996. The van der Waals surface area contributed by atoms with Gasteiger partial charge in [-0.25, -0.2) is 0 Å². The van der Waals surface area contributed by atoms with Crippen molar-refractivity contribution in [3.8, 4) is 0 Å². The normalized spacial score (nSPS) is 11.2. The molecule has 0 aliphatic carbocycles. The van der Waals surface area contributed by atoms with Gasteiger partial charge >= 0.3 is 0 Å². The highest BCUT2D eigenvalue weighted by atomic mass is 16.9. The van der Waals surface area contributed by atoms with Gasteiger partial charge in [-0.05, 0) is 32.9 Å². The van der Waals surface area contributed by atoms with Crippen LogP contribution in [0.1, 0.15) is 32.2 Å². The van der Waals surface area contributed by atoms with Gasteiger partial charge in [0.15, 0.2) is 0 Å². The molecule has 0 fully saturated rings. The van der Waals surface area contributed by atoms with Crippen LogP contribution in [0.5, 0.6) is 0 Å². The molecule has 1 heterocycles. The molecule has 0 spiro atoms. The molecule has 1 aromatic heterocycles. The highest BCUT2D eigenvalue weighted by Gasteiger charge is 2.10. The van der Waals surface area contributed by atoms with Crippen molar-refractivity contribution in [1.82, 2.24) is 4.98 Å². The molecule has 0 N–H and O–H groups in total. The third-order valence-corrected chi connectivity index (χ3v) is 1.84. The zero-order valence-corrected chi connectivity index (χ0v) is 10.2. The van der Waals surface area contributed by atoms with E-state index in [-0.39, 0.29) is 12.2 Å². The van der Waals surface area contributed by atoms with Crippen molar-refractivity contribution in [3.63, 3.8) is 0 Å². The van der Waals surface area contributed by atoms with Crippen LogP contribution in [-0.4, -0.2) is 15.7 Å². The first-order valence-electron chi connectivity index (χ1n) is 5.23. The molecule has 17 heavy (non-hydrogen) atoms. The first-order chi connectivity index (χ1) is 7.87. The van der Waals surface area contributed by atoms with Crippen molar-refractivity contribution in [2.24, 2.45) is 0 Å². The van der Waals surface area contributed by atoms with E-state index in [4.69, 9.17) is 4.74 Å².